The molecule has 0 spiro atoms. The first-order valence-electron chi connectivity index (χ1n) is 27.5. The molecule has 9 rings (SSSR count). The van der Waals surface area contributed by atoms with Gasteiger partial charge in [0.15, 0.2) is 5.75 Å². The van der Waals surface area contributed by atoms with Gasteiger partial charge in [0.25, 0.3) is 0 Å². The lowest BCUT2D eigenvalue weighted by molar-refractivity contribution is -0.140. The summed E-state index contributed by atoms with van der Waals surface area (Å²) in [5.41, 5.74) is 3.19. The maximum absolute atomic E-state index is 12.2. The van der Waals surface area contributed by atoms with Crippen molar-refractivity contribution in [2.75, 3.05) is 0 Å². The maximum atomic E-state index is 12.2. The average Bonchev–Trinajstić information content (AvgIpc) is 3.39. The molecular formula is C59H84N6O6. The molecule has 5 saturated carbocycles. The van der Waals surface area contributed by atoms with Gasteiger partial charge in [-0.3, -0.25) is 4.79 Å². The Bertz CT molecular complexity index is 2180. The van der Waals surface area contributed by atoms with Gasteiger partial charge in [-0.15, -0.1) is 0 Å². The summed E-state index contributed by atoms with van der Waals surface area (Å²) in [4.78, 5) is 61.3. The monoisotopic (exact) mass is 973 g/mol. The maximum Gasteiger partial charge on any atom is 0.381 e. The molecule has 0 atom stereocenters. The van der Waals surface area contributed by atoms with Gasteiger partial charge >= 0.3 is 17.9 Å². The van der Waals surface area contributed by atoms with Crippen LogP contribution >= 0.6 is 0 Å². The summed E-state index contributed by atoms with van der Waals surface area (Å²) in [6.45, 7) is 17.0. The number of nitrogens with zero attached hydrogens (tertiary/aromatic N) is 6. The molecule has 0 bridgehead atoms. The lowest BCUT2D eigenvalue weighted by atomic mass is 9.71. The molecule has 1 aromatic carbocycles. The van der Waals surface area contributed by atoms with Gasteiger partial charge in [-0.2, -0.15) is 0 Å². The fourth-order valence-corrected chi connectivity index (χ4v) is 11.0. The van der Waals surface area contributed by atoms with Gasteiger partial charge < -0.3 is 14.2 Å². The molecule has 5 fully saturated rings. The van der Waals surface area contributed by atoms with Crippen LogP contribution in [0.15, 0.2) is 61.4 Å². The number of hydrogen-bond acceptors (Lipinski definition) is 12. The van der Waals surface area contributed by atoms with E-state index in [2.05, 4.69) is 69.7 Å². The molecule has 0 N–H and O–H groups in total. The third-order valence-corrected chi connectivity index (χ3v) is 15.8. The minimum atomic E-state index is -0.524. The van der Waals surface area contributed by atoms with Crippen LogP contribution in [-0.4, -0.2) is 53.9 Å². The first-order valence-corrected chi connectivity index (χ1v) is 27.5. The van der Waals surface area contributed by atoms with Gasteiger partial charge in [-0.1, -0.05) is 92.2 Å². The van der Waals surface area contributed by atoms with Crippen LogP contribution in [0.4, 0.5) is 0 Å². The van der Waals surface area contributed by atoms with E-state index in [0.29, 0.717) is 23.3 Å². The van der Waals surface area contributed by atoms with Gasteiger partial charge in [0.2, 0.25) is 11.6 Å². The molecule has 0 unspecified atom stereocenters. The van der Waals surface area contributed by atoms with Crippen molar-refractivity contribution in [3.8, 4) is 11.5 Å². The lowest BCUT2D eigenvalue weighted by Gasteiger charge is -2.36. The Morgan fingerprint density at radius 3 is 1.32 bits per heavy atom. The molecule has 0 radical (unpaired) electrons. The molecule has 0 saturated heterocycles. The van der Waals surface area contributed by atoms with E-state index in [1.54, 1.807) is 37.2 Å². The molecule has 12 nitrogen and oxygen atoms in total. The fraction of sp³-hybridized carbons (Fsp3) is 0.644. The number of carbonyl (C=O) groups is 3. The van der Waals surface area contributed by atoms with E-state index in [1.807, 2.05) is 39.8 Å². The third kappa shape index (κ3) is 17.6. The second-order valence-electron chi connectivity index (χ2n) is 21.7. The van der Waals surface area contributed by atoms with Crippen LogP contribution < -0.4 is 9.47 Å². The van der Waals surface area contributed by atoms with Gasteiger partial charge in [-0.25, -0.2) is 39.5 Å². The van der Waals surface area contributed by atoms with Crippen molar-refractivity contribution in [3.05, 3.63) is 95.6 Å². The third-order valence-electron chi connectivity index (χ3n) is 15.8. The topological polar surface area (TPSA) is 156 Å². The highest BCUT2D eigenvalue weighted by Gasteiger charge is 2.32. The van der Waals surface area contributed by atoms with Crippen LogP contribution in [0.1, 0.15) is 226 Å². The van der Waals surface area contributed by atoms with E-state index in [9.17, 15) is 14.4 Å². The SMILES string of the molecule is CC.CC1CCC(C(=O)Oc2cnc(C3CCC(C)CC3)nc2)CC1.Cc1cnc(C(=O)OC2CCC(C3CCC(C)CC3)CC2)nc1.Cc1cnc(C(=O)Oc2ccc(C3CCC(C)CC3)cc2)nc1. The number of ether oxygens (including phenoxy) is 3. The van der Waals surface area contributed by atoms with Crippen molar-refractivity contribution >= 4 is 17.9 Å². The highest BCUT2D eigenvalue weighted by atomic mass is 16.5. The Morgan fingerprint density at radius 1 is 0.437 bits per heavy atom. The Labute approximate surface area is 425 Å². The van der Waals surface area contributed by atoms with Crippen LogP contribution in [0.3, 0.4) is 0 Å². The van der Waals surface area contributed by atoms with Crippen LogP contribution in [0.2, 0.25) is 0 Å². The normalized spacial score (nSPS) is 27.3. The predicted octanol–water partition coefficient (Wildman–Crippen LogP) is 14.2. The lowest BCUT2D eigenvalue weighted by Crippen LogP contribution is -2.29. The smallest absolute Gasteiger partial charge is 0.381 e. The van der Waals surface area contributed by atoms with Crippen molar-refractivity contribution in [3.63, 3.8) is 0 Å². The van der Waals surface area contributed by atoms with Crippen molar-refractivity contribution < 1.29 is 28.6 Å². The predicted molar refractivity (Wildman–Crippen MR) is 278 cm³/mol. The second-order valence-corrected chi connectivity index (χ2v) is 21.7. The van der Waals surface area contributed by atoms with E-state index in [1.165, 1.54) is 95.5 Å². The zero-order chi connectivity index (χ0) is 50.7. The van der Waals surface area contributed by atoms with Crippen LogP contribution in [0, 0.1) is 55.3 Å². The van der Waals surface area contributed by atoms with Crippen LogP contribution in [0.25, 0.3) is 0 Å². The highest BCUT2D eigenvalue weighted by molar-refractivity contribution is 5.87. The summed E-state index contributed by atoms with van der Waals surface area (Å²) in [7, 11) is 0. The summed E-state index contributed by atoms with van der Waals surface area (Å²) in [6, 6.07) is 7.86. The van der Waals surface area contributed by atoms with E-state index >= 15 is 0 Å². The molecule has 5 aliphatic rings. The number of aromatic nitrogens is 6. The molecule has 3 aromatic heterocycles. The zero-order valence-corrected chi connectivity index (χ0v) is 44.3. The van der Waals surface area contributed by atoms with Crippen molar-refractivity contribution in [1.82, 2.24) is 29.9 Å². The first-order chi connectivity index (χ1) is 34.3. The molecule has 71 heavy (non-hydrogen) atoms. The molecule has 0 amide bonds. The highest BCUT2D eigenvalue weighted by Crippen LogP contribution is 2.41. The number of rotatable bonds is 9. The number of aryl methyl sites for hydroxylation is 2. The average molecular weight is 973 g/mol. The van der Waals surface area contributed by atoms with E-state index in [0.717, 1.165) is 91.0 Å². The zero-order valence-electron chi connectivity index (χ0n) is 44.3. The second kappa shape index (κ2) is 28.2. The minimum absolute atomic E-state index is 0.0470. The number of carbonyl (C=O) groups excluding carboxylic acids is 3. The molecule has 12 heteroatoms. The first kappa shape index (κ1) is 55.2. The van der Waals surface area contributed by atoms with Gasteiger partial charge in [0.05, 0.1) is 18.3 Å². The molecule has 386 valence electrons. The van der Waals surface area contributed by atoms with Gasteiger partial charge in [0, 0.05) is 30.7 Å². The molecule has 4 aromatic rings. The minimum Gasteiger partial charge on any atom is -0.456 e. The largest absolute Gasteiger partial charge is 0.456 e. The van der Waals surface area contributed by atoms with Crippen molar-refractivity contribution in [2.45, 2.75) is 202 Å². The molecule has 3 heterocycles. The van der Waals surface area contributed by atoms with Crippen molar-refractivity contribution in [2.24, 2.45) is 41.4 Å². The van der Waals surface area contributed by atoms with Gasteiger partial charge in [0.1, 0.15) is 17.7 Å². The summed E-state index contributed by atoms with van der Waals surface area (Å²) in [5, 5.41) is 0. The quantitative estimate of drug-likeness (QED) is 0.116. The number of benzene rings is 1. The van der Waals surface area contributed by atoms with Crippen LogP contribution in [-0.2, 0) is 9.53 Å². The Morgan fingerprint density at radius 2 is 0.845 bits per heavy atom. The Kier molecular flexibility index (Phi) is 21.9. The molecular weight excluding hydrogens is 889 g/mol. The molecule has 0 aliphatic heterocycles. The van der Waals surface area contributed by atoms with Gasteiger partial charge in [-0.05, 0) is 174 Å². The number of hydrogen-bond donors (Lipinski definition) is 0. The van der Waals surface area contributed by atoms with Crippen LogP contribution in [0.5, 0.6) is 11.5 Å². The van der Waals surface area contributed by atoms with E-state index in [4.69, 9.17) is 14.2 Å². The fourth-order valence-electron chi connectivity index (χ4n) is 11.0. The van der Waals surface area contributed by atoms with Crippen molar-refractivity contribution in [1.29, 1.82) is 0 Å². The van der Waals surface area contributed by atoms with E-state index in [-0.39, 0.29) is 35.6 Å². The summed E-state index contributed by atoms with van der Waals surface area (Å²) < 4.78 is 16.4. The summed E-state index contributed by atoms with van der Waals surface area (Å²) in [5.74, 6) is 7.40. The Balaban J connectivity index is 0.000000171. The van der Waals surface area contributed by atoms with E-state index < -0.39 is 5.97 Å². The summed E-state index contributed by atoms with van der Waals surface area (Å²) in [6.07, 6.45) is 33.9. The number of esters is 3. The molecule has 5 aliphatic carbocycles. The Hall–Kier alpha value is -5.13. The summed E-state index contributed by atoms with van der Waals surface area (Å²) >= 11 is 0. The standard InChI is InChI=1S/2C19H28N2O2.C19H22N2O2.C2H6/c1-13-3-7-15(8-4-13)18-20-11-17(12-21-18)23-19(22)16-9-5-14(2)6-10-16;2*1-13-3-5-15(6-4-13)16-7-9-17(10-8-16)23-19(22)18-20-11-14(2)12-21-18;1-2/h11-16H,3-10H2,1-2H3;11-13,15-17H,3-10H2,1-2H3;7-13,15H,3-6H2,1-2H3;1-2H3.